The van der Waals surface area contributed by atoms with Crippen molar-refractivity contribution >= 4 is 38.1 Å². The smallest absolute Gasteiger partial charge is 0.283 e. The maximum atomic E-state index is 13.8. The van der Waals surface area contributed by atoms with Crippen LogP contribution in [0, 0.1) is 5.82 Å². The highest BCUT2D eigenvalue weighted by Crippen LogP contribution is 2.24. The van der Waals surface area contributed by atoms with Crippen molar-refractivity contribution in [1.82, 2.24) is 14.4 Å². The van der Waals surface area contributed by atoms with Crippen LogP contribution in [0.1, 0.15) is 0 Å². The predicted octanol–water partition coefficient (Wildman–Crippen LogP) is 2.60. The SMILES string of the molecule is O=c1nc2sccn2c2c1cnc1c(F)cccc12. The molecule has 3 heterocycles. The zero-order chi connectivity index (χ0) is 13.0. The van der Waals surface area contributed by atoms with E-state index in [0.717, 1.165) is 0 Å². The fourth-order valence-corrected chi connectivity index (χ4v) is 2.96. The van der Waals surface area contributed by atoms with Gasteiger partial charge >= 0.3 is 0 Å². The third kappa shape index (κ3) is 1.34. The molecule has 0 unspecified atom stereocenters. The van der Waals surface area contributed by atoms with Crippen LogP contribution in [0.25, 0.3) is 26.8 Å². The predicted molar refractivity (Wildman–Crippen MR) is 72.1 cm³/mol. The number of fused-ring (bicyclic) bond motifs is 5. The summed E-state index contributed by atoms with van der Waals surface area (Å²) in [5.41, 5.74) is 0.581. The van der Waals surface area contributed by atoms with Crippen LogP contribution in [0.15, 0.2) is 40.8 Å². The van der Waals surface area contributed by atoms with Crippen molar-refractivity contribution in [3.05, 3.63) is 52.1 Å². The second-order valence-corrected chi connectivity index (χ2v) is 5.00. The summed E-state index contributed by atoms with van der Waals surface area (Å²) >= 11 is 1.37. The fraction of sp³-hybridized carbons (Fsp3) is 0. The summed E-state index contributed by atoms with van der Waals surface area (Å²) < 4.78 is 15.6. The highest BCUT2D eigenvalue weighted by molar-refractivity contribution is 7.15. The summed E-state index contributed by atoms with van der Waals surface area (Å²) in [4.78, 5) is 20.6. The largest absolute Gasteiger partial charge is 0.291 e. The summed E-state index contributed by atoms with van der Waals surface area (Å²) in [6.45, 7) is 0. The Hall–Kier alpha value is -2.34. The lowest BCUT2D eigenvalue weighted by atomic mass is 10.1. The molecule has 6 heteroatoms. The first-order chi connectivity index (χ1) is 9.25. The van der Waals surface area contributed by atoms with Crippen molar-refractivity contribution in [2.45, 2.75) is 0 Å². The van der Waals surface area contributed by atoms with Crippen LogP contribution < -0.4 is 5.56 Å². The van der Waals surface area contributed by atoms with E-state index in [1.165, 1.54) is 23.6 Å². The van der Waals surface area contributed by atoms with Gasteiger partial charge in [-0.05, 0) is 6.07 Å². The molecule has 0 radical (unpaired) electrons. The molecule has 0 N–H and O–H groups in total. The minimum Gasteiger partial charge on any atom is -0.291 e. The number of thiazole rings is 1. The molecule has 0 saturated heterocycles. The quantitative estimate of drug-likeness (QED) is 0.462. The summed E-state index contributed by atoms with van der Waals surface area (Å²) in [7, 11) is 0. The van der Waals surface area contributed by atoms with Gasteiger partial charge in [-0.1, -0.05) is 12.1 Å². The molecule has 1 aromatic carbocycles. The molecule has 0 spiro atoms. The minimum absolute atomic E-state index is 0.264. The van der Waals surface area contributed by atoms with Gasteiger partial charge in [0, 0.05) is 23.2 Å². The Balaban J connectivity index is 2.45. The van der Waals surface area contributed by atoms with Gasteiger partial charge in [-0.2, -0.15) is 4.98 Å². The Morgan fingerprint density at radius 1 is 1.26 bits per heavy atom. The summed E-state index contributed by atoms with van der Waals surface area (Å²) in [5, 5.41) is 2.85. The number of aromatic nitrogens is 3. The van der Waals surface area contributed by atoms with E-state index in [4.69, 9.17) is 0 Å². The van der Waals surface area contributed by atoms with Gasteiger partial charge < -0.3 is 0 Å². The van der Waals surface area contributed by atoms with Crippen LogP contribution in [0.3, 0.4) is 0 Å². The lowest BCUT2D eigenvalue weighted by Gasteiger charge is -2.05. The summed E-state index contributed by atoms with van der Waals surface area (Å²) in [5.74, 6) is -0.396. The van der Waals surface area contributed by atoms with Gasteiger partial charge in [0.2, 0.25) is 0 Å². The Kier molecular flexibility index (Phi) is 1.99. The lowest BCUT2D eigenvalue weighted by Crippen LogP contribution is -2.09. The minimum atomic E-state index is -0.396. The molecule has 0 aliphatic rings. The molecule has 0 saturated carbocycles. The number of hydrogen-bond acceptors (Lipinski definition) is 4. The maximum absolute atomic E-state index is 13.8. The normalized spacial score (nSPS) is 11.6. The Bertz CT molecular complexity index is 1010. The second-order valence-electron chi connectivity index (χ2n) is 4.13. The third-order valence-corrected chi connectivity index (χ3v) is 3.83. The second kappa shape index (κ2) is 3.58. The first kappa shape index (κ1) is 10.6. The number of pyridine rings is 1. The van der Waals surface area contributed by atoms with Gasteiger partial charge in [0.1, 0.15) is 11.3 Å². The number of rotatable bonds is 0. The summed E-state index contributed by atoms with van der Waals surface area (Å²) in [6.07, 6.45) is 3.21. The van der Waals surface area contributed by atoms with Gasteiger partial charge in [-0.15, -0.1) is 11.3 Å². The molecule has 4 aromatic rings. The maximum Gasteiger partial charge on any atom is 0.283 e. The highest BCUT2D eigenvalue weighted by Gasteiger charge is 2.12. The van der Waals surface area contributed by atoms with Gasteiger partial charge in [-0.3, -0.25) is 14.2 Å². The van der Waals surface area contributed by atoms with E-state index < -0.39 is 5.82 Å². The van der Waals surface area contributed by atoms with E-state index in [2.05, 4.69) is 9.97 Å². The van der Waals surface area contributed by atoms with E-state index in [9.17, 15) is 9.18 Å². The molecule has 0 fully saturated rings. The third-order valence-electron chi connectivity index (χ3n) is 3.08. The molecule has 0 amide bonds. The number of hydrogen-bond donors (Lipinski definition) is 0. The van der Waals surface area contributed by atoms with E-state index in [0.29, 0.717) is 21.3 Å². The fourth-order valence-electron chi connectivity index (χ4n) is 2.26. The van der Waals surface area contributed by atoms with Crippen molar-refractivity contribution in [1.29, 1.82) is 0 Å². The zero-order valence-electron chi connectivity index (χ0n) is 9.50. The molecule has 0 aliphatic heterocycles. The van der Waals surface area contributed by atoms with Crippen LogP contribution in [-0.2, 0) is 0 Å². The number of benzene rings is 1. The molecular weight excluding hydrogens is 265 g/mol. The number of nitrogens with zero attached hydrogens (tertiary/aromatic N) is 3. The first-order valence-corrected chi connectivity index (χ1v) is 6.46. The molecule has 4 rings (SSSR count). The van der Waals surface area contributed by atoms with E-state index in [1.807, 2.05) is 11.6 Å². The Morgan fingerprint density at radius 2 is 2.16 bits per heavy atom. The van der Waals surface area contributed by atoms with E-state index >= 15 is 0 Å². The molecular formula is C13H6FN3OS. The topological polar surface area (TPSA) is 47.3 Å². The monoisotopic (exact) mass is 271 g/mol. The molecule has 0 atom stereocenters. The Morgan fingerprint density at radius 3 is 3.05 bits per heavy atom. The highest BCUT2D eigenvalue weighted by atomic mass is 32.1. The van der Waals surface area contributed by atoms with Gasteiger partial charge in [0.25, 0.3) is 5.56 Å². The van der Waals surface area contributed by atoms with Crippen molar-refractivity contribution in [3.8, 4) is 0 Å². The molecule has 0 bridgehead atoms. The molecule has 4 nitrogen and oxygen atoms in total. The zero-order valence-corrected chi connectivity index (χ0v) is 10.3. The van der Waals surface area contributed by atoms with Crippen LogP contribution >= 0.6 is 11.3 Å². The Labute approximate surface area is 109 Å². The molecule has 19 heavy (non-hydrogen) atoms. The van der Waals surface area contributed by atoms with Crippen LogP contribution in [-0.4, -0.2) is 14.4 Å². The van der Waals surface area contributed by atoms with Crippen LogP contribution in [0.5, 0.6) is 0 Å². The van der Waals surface area contributed by atoms with Crippen molar-refractivity contribution in [2.75, 3.05) is 0 Å². The van der Waals surface area contributed by atoms with E-state index in [-0.39, 0.29) is 11.1 Å². The van der Waals surface area contributed by atoms with Crippen LogP contribution in [0.2, 0.25) is 0 Å². The molecule has 92 valence electrons. The summed E-state index contributed by atoms with van der Waals surface area (Å²) in [6, 6.07) is 4.73. The standard InChI is InChI=1S/C13H6FN3OS/c14-9-3-1-2-7-10(9)15-6-8-11(7)17-4-5-19-13(17)16-12(8)18/h1-6H. The van der Waals surface area contributed by atoms with Gasteiger partial charge in [0.15, 0.2) is 4.96 Å². The van der Waals surface area contributed by atoms with Crippen molar-refractivity contribution in [3.63, 3.8) is 0 Å². The number of halogens is 1. The average Bonchev–Trinajstić information content (AvgIpc) is 2.86. The van der Waals surface area contributed by atoms with Gasteiger partial charge in [0.05, 0.1) is 10.9 Å². The average molecular weight is 271 g/mol. The number of para-hydroxylation sites is 1. The molecule has 3 aromatic heterocycles. The van der Waals surface area contributed by atoms with Gasteiger partial charge in [-0.25, -0.2) is 4.39 Å². The van der Waals surface area contributed by atoms with E-state index in [1.54, 1.807) is 16.5 Å². The molecule has 0 aliphatic carbocycles. The first-order valence-electron chi connectivity index (χ1n) is 5.58. The van der Waals surface area contributed by atoms with Crippen molar-refractivity contribution in [2.24, 2.45) is 0 Å². The van der Waals surface area contributed by atoms with Crippen LogP contribution in [0.4, 0.5) is 4.39 Å². The lowest BCUT2D eigenvalue weighted by molar-refractivity contribution is 0.637. The van der Waals surface area contributed by atoms with Crippen molar-refractivity contribution < 1.29 is 4.39 Å².